The Bertz CT molecular complexity index is 819. The first-order valence-electron chi connectivity index (χ1n) is 9.14. The van der Waals surface area contributed by atoms with E-state index in [9.17, 15) is 4.79 Å². The average molecular weight is 416 g/mol. The monoisotopic (exact) mass is 415 g/mol. The van der Waals surface area contributed by atoms with Crippen molar-refractivity contribution in [1.29, 1.82) is 0 Å². The summed E-state index contributed by atoms with van der Waals surface area (Å²) in [5, 5.41) is 3.35. The molecule has 1 aromatic heterocycles. The number of nitrogens with one attached hydrogen (secondary N) is 1. The number of nitrogens with zero attached hydrogens (tertiary/aromatic N) is 2. The number of carbonyl (C=O) groups excluding carboxylic acids is 1. The SMILES string of the molecule is O=C(c1cccnc1NCc1cc(Br)cc2c1OCC2)N1CCCCC1. The summed E-state index contributed by atoms with van der Waals surface area (Å²) < 4.78 is 6.84. The lowest BCUT2D eigenvalue weighted by Gasteiger charge is -2.27. The number of pyridine rings is 1. The summed E-state index contributed by atoms with van der Waals surface area (Å²) >= 11 is 3.57. The van der Waals surface area contributed by atoms with Gasteiger partial charge < -0.3 is 15.0 Å². The standard InChI is InChI=1S/C20H22BrN3O2/c21-16-11-14-6-10-26-18(14)15(12-16)13-23-19-17(5-4-7-22-19)20(25)24-8-2-1-3-9-24/h4-5,7,11-12H,1-3,6,8-10,13H2,(H,22,23). The number of fused-ring (bicyclic) bond motifs is 1. The van der Waals surface area contributed by atoms with Crippen molar-refractivity contribution in [2.75, 3.05) is 25.0 Å². The van der Waals surface area contributed by atoms with Crippen LogP contribution in [0.3, 0.4) is 0 Å². The molecule has 0 atom stereocenters. The van der Waals surface area contributed by atoms with Gasteiger partial charge in [0.15, 0.2) is 0 Å². The molecule has 2 aliphatic heterocycles. The molecule has 6 heteroatoms. The van der Waals surface area contributed by atoms with Crippen molar-refractivity contribution < 1.29 is 9.53 Å². The quantitative estimate of drug-likeness (QED) is 0.818. The number of piperidine rings is 1. The second-order valence-electron chi connectivity index (χ2n) is 6.76. The molecule has 1 N–H and O–H groups in total. The minimum Gasteiger partial charge on any atom is -0.493 e. The van der Waals surface area contributed by atoms with Gasteiger partial charge in [0.1, 0.15) is 11.6 Å². The molecule has 0 radical (unpaired) electrons. The number of likely N-dealkylation sites (tertiary alicyclic amines) is 1. The first kappa shape index (κ1) is 17.3. The first-order valence-corrected chi connectivity index (χ1v) is 9.94. The Balaban J connectivity index is 1.54. The second-order valence-corrected chi connectivity index (χ2v) is 7.67. The number of rotatable bonds is 4. The van der Waals surface area contributed by atoms with Gasteiger partial charge in [-0.05, 0) is 49.1 Å². The summed E-state index contributed by atoms with van der Waals surface area (Å²) in [5.41, 5.74) is 2.94. The van der Waals surface area contributed by atoms with Crippen molar-refractivity contribution in [2.24, 2.45) is 0 Å². The van der Waals surface area contributed by atoms with E-state index in [1.165, 1.54) is 12.0 Å². The number of hydrogen-bond acceptors (Lipinski definition) is 4. The van der Waals surface area contributed by atoms with Gasteiger partial charge in [0.2, 0.25) is 0 Å². The Morgan fingerprint density at radius 2 is 2.12 bits per heavy atom. The Kier molecular flexibility index (Phi) is 5.11. The number of hydrogen-bond donors (Lipinski definition) is 1. The molecule has 2 aliphatic rings. The number of amides is 1. The third-order valence-electron chi connectivity index (χ3n) is 4.95. The largest absolute Gasteiger partial charge is 0.493 e. The molecule has 1 fully saturated rings. The molecule has 3 heterocycles. The molecule has 1 aromatic carbocycles. The maximum absolute atomic E-state index is 12.9. The molecule has 0 unspecified atom stereocenters. The molecular weight excluding hydrogens is 394 g/mol. The van der Waals surface area contributed by atoms with Crippen molar-refractivity contribution in [3.05, 3.63) is 51.6 Å². The van der Waals surface area contributed by atoms with Gasteiger partial charge in [-0.3, -0.25) is 4.79 Å². The lowest BCUT2D eigenvalue weighted by atomic mass is 10.1. The Morgan fingerprint density at radius 3 is 2.96 bits per heavy atom. The molecule has 1 saturated heterocycles. The van der Waals surface area contributed by atoms with Crippen LogP contribution in [0.2, 0.25) is 0 Å². The van der Waals surface area contributed by atoms with Crippen LogP contribution >= 0.6 is 15.9 Å². The summed E-state index contributed by atoms with van der Waals surface area (Å²) in [6, 6.07) is 7.85. The van der Waals surface area contributed by atoms with E-state index >= 15 is 0 Å². The van der Waals surface area contributed by atoms with Crippen LogP contribution in [0.5, 0.6) is 5.75 Å². The molecule has 2 aromatic rings. The maximum Gasteiger partial charge on any atom is 0.257 e. The number of aromatic nitrogens is 1. The van der Waals surface area contributed by atoms with E-state index in [0.717, 1.165) is 54.7 Å². The lowest BCUT2D eigenvalue weighted by Crippen LogP contribution is -2.36. The number of anilines is 1. The van der Waals surface area contributed by atoms with E-state index in [4.69, 9.17) is 4.74 Å². The van der Waals surface area contributed by atoms with E-state index in [-0.39, 0.29) is 5.91 Å². The number of carbonyl (C=O) groups is 1. The summed E-state index contributed by atoms with van der Waals surface area (Å²) in [4.78, 5) is 19.2. The zero-order valence-electron chi connectivity index (χ0n) is 14.6. The summed E-state index contributed by atoms with van der Waals surface area (Å²) in [6.07, 6.45) is 6.02. The average Bonchev–Trinajstić information content (AvgIpc) is 3.15. The summed E-state index contributed by atoms with van der Waals surface area (Å²) in [5.74, 6) is 1.66. The highest BCUT2D eigenvalue weighted by atomic mass is 79.9. The molecule has 4 rings (SSSR count). The molecule has 0 saturated carbocycles. The number of ether oxygens (including phenoxy) is 1. The predicted molar refractivity (Wildman–Crippen MR) is 105 cm³/mol. The summed E-state index contributed by atoms with van der Waals surface area (Å²) in [7, 11) is 0. The predicted octanol–water partition coefficient (Wildman–Crippen LogP) is 4.02. The smallest absolute Gasteiger partial charge is 0.257 e. The van der Waals surface area contributed by atoms with E-state index < -0.39 is 0 Å². The highest BCUT2D eigenvalue weighted by Gasteiger charge is 2.22. The minimum absolute atomic E-state index is 0.0658. The van der Waals surface area contributed by atoms with Gasteiger partial charge in [-0.15, -0.1) is 0 Å². The van der Waals surface area contributed by atoms with Crippen LogP contribution in [0, 0.1) is 0 Å². The van der Waals surface area contributed by atoms with Crippen LogP contribution in [-0.4, -0.2) is 35.5 Å². The van der Waals surface area contributed by atoms with Crippen LogP contribution < -0.4 is 10.1 Å². The third-order valence-corrected chi connectivity index (χ3v) is 5.41. The van der Waals surface area contributed by atoms with Crippen LogP contribution in [0.25, 0.3) is 0 Å². The third kappa shape index (κ3) is 3.56. The molecule has 0 bridgehead atoms. The fourth-order valence-electron chi connectivity index (χ4n) is 3.64. The van der Waals surface area contributed by atoms with Gasteiger partial charge in [-0.1, -0.05) is 15.9 Å². The fraction of sp³-hybridized carbons (Fsp3) is 0.400. The van der Waals surface area contributed by atoms with Crippen molar-refractivity contribution in [3.63, 3.8) is 0 Å². The van der Waals surface area contributed by atoms with Crippen molar-refractivity contribution in [2.45, 2.75) is 32.2 Å². The van der Waals surface area contributed by atoms with Crippen LogP contribution in [0.15, 0.2) is 34.9 Å². The van der Waals surface area contributed by atoms with Gasteiger partial charge in [-0.25, -0.2) is 4.98 Å². The first-order chi connectivity index (χ1) is 12.7. The molecule has 136 valence electrons. The Hall–Kier alpha value is -2.08. The van der Waals surface area contributed by atoms with Crippen molar-refractivity contribution >= 4 is 27.7 Å². The van der Waals surface area contributed by atoms with E-state index in [1.54, 1.807) is 6.20 Å². The van der Waals surface area contributed by atoms with E-state index in [2.05, 4.69) is 38.4 Å². The lowest BCUT2D eigenvalue weighted by molar-refractivity contribution is 0.0725. The van der Waals surface area contributed by atoms with E-state index in [1.807, 2.05) is 17.0 Å². The molecular formula is C20H22BrN3O2. The van der Waals surface area contributed by atoms with Gasteiger partial charge in [0.25, 0.3) is 5.91 Å². The van der Waals surface area contributed by atoms with Crippen molar-refractivity contribution in [3.8, 4) is 5.75 Å². The Morgan fingerprint density at radius 1 is 1.27 bits per heavy atom. The summed E-state index contributed by atoms with van der Waals surface area (Å²) in [6.45, 7) is 2.96. The van der Waals surface area contributed by atoms with Crippen LogP contribution in [-0.2, 0) is 13.0 Å². The molecule has 0 aliphatic carbocycles. The van der Waals surface area contributed by atoms with Gasteiger partial charge in [0.05, 0.1) is 12.2 Å². The fourth-order valence-corrected chi connectivity index (χ4v) is 4.20. The zero-order valence-corrected chi connectivity index (χ0v) is 16.2. The van der Waals surface area contributed by atoms with Crippen LogP contribution in [0.4, 0.5) is 5.82 Å². The zero-order chi connectivity index (χ0) is 17.9. The normalized spacial score (nSPS) is 16.1. The molecule has 1 amide bonds. The van der Waals surface area contributed by atoms with Crippen molar-refractivity contribution in [1.82, 2.24) is 9.88 Å². The van der Waals surface area contributed by atoms with Gasteiger partial charge in [-0.2, -0.15) is 0 Å². The highest BCUT2D eigenvalue weighted by molar-refractivity contribution is 9.10. The maximum atomic E-state index is 12.9. The Labute approximate surface area is 161 Å². The van der Waals surface area contributed by atoms with E-state index in [0.29, 0.717) is 17.9 Å². The topological polar surface area (TPSA) is 54.5 Å². The van der Waals surface area contributed by atoms with Gasteiger partial charge in [0, 0.05) is 42.3 Å². The van der Waals surface area contributed by atoms with Crippen LogP contribution in [0.1, 0.15) is 40.7 Å². The molecule has 0 spiro atoms. The minimum atomic E-state index is 0.0658. The molecule has 26 heavy (non-hydrogen) atoms. The number of halogens is 1. The number of benzene rings is 1. The second kappa shape index (κ2) is 7.66. The molecule has 5 nitrogen and oxygen atoms in total. The van der Waals surface area contributed by atoms with Gasteiger partial charge >= 0.3 is 0 Å². The highest BCUT2D eigenvalue weighted by Crippen LogP contribution is 2.33.